The van der Waals surface area contributed by atoms with Crippen molar-refractivity contribution in [2.24, 2.45) is 7.05 Å². The first-order chi connectivity index (χ1) is 17.0. The van der Waals surface area contributed by atoms with Gasteiger partial charge in [-0.3, -0.25) is 14.0 Å². The van der Waals surface area contributed by atoms with Gasteiger partial charge in [0.2, 0.25) is 5.88 Å². The zero-order valence-corrected chi connectivity index (χ0v) is 19.5. The molecule has 0 fully saturated rings. The number of hydrogen-bond acceptors (Lipinski definition) is 6. The van der Waals surface area contributed by atoms with E-state index in [2.05, 4.69) is 25.6 Å². The molecule has 0 spiro atoms. The van der Waals surface area contributed by atoms with Crippen molar-refractivity contribution in [3.63, 3.8) is 0 Å². The summed E-state index contributed by atoms with van der Waals surface area (Å²) >= 11 is 0. The van der Waals surface area contributed by atoms with E-state index in [0.29, 0.717) is 28.8 Å². The van der Waals surface area contributed by atoms with Gasteiger partial charge in [0, 0.05) is 30.1 Å². The Balaban J connectivity index is 1.24. The maximum Gasteiger partial charge on any atom is 0.273 e. The maximum atomic E-state index is 12.8. The molecule has 9 nitrogen and oxygen atoms in total. The van der Waals surface area contributed by atoms with Crippen molar-refractivity contribution in [3.05, 3.63) is 96.2 Å². The van der Waals surface area contributed by atoms with Crippen LogP contribution >= 0.6 is 0 Å². The van der Waals surface area contributed by atoms with Crippen molar-refractivity contribution in [3.8, 4) is 28.7 Å². The molecule has 3 aromatic heterocycles. The summed E-state index contributed by atoms with van der Waals surface area (Å²) < 4.78 is 9.24. The number of nitrogens with zero attached hydrogens (tertiary/aromatic N) is 6. The second-order valence-corrected chi connectivity index (χ2v) is 8.00. The van der Waals surface area contributed by atoms with Crippen LogP contribution in [0.4, 0.5) is 5.69 Å². The van der Waals surface area contributed by atoms with Crippen LogP contribution in [0.3, 0.4) is 0 Å². The lowest BCUT2D eigenvalue weighted by Crippen LogP contribution is -2.15. The quantitative estimate of drug-likeness (QED) is 0.389. The Labute approximate surface area is 202 Å². The van der Waals surface area contributed by atoms with Crippen molar-refractivity contribution in [1.82, 2.24) is 29.5 Å². The summed E-state index contributed by atoms with van der Waals surface area (Å²) in [4.78, 5) is 17.1. The van der Waals surface area contributed by atoms with E-state index in [4.69, 9.17) is 4.74 Å². The molecule has 35 heavy (non-hydrogen) atoms. The smallest absolute Gasteiger partial charge is 0.273 e. The van der Waals surface area contributed by atoms with Gasteiger partial charge in [-0.25, -0.2) is 4.98 Å². The van der Waals surface area contributed by atoms with Crippen molar-refractivity contribution < 1.29 is 9.53 Å². The number of aryl methyl sites for hydroxylation is 2. The highest BCUT2D eigenvalue weighted by molar-refractivity contribution is 6.03. The second kappa shape index (κ2) is 9.22. The Morgan fingerprint density at radius 1 is 0.943 bits per heavy atom. The first kappa shape index (κ1) is 22.0. The molecule has 0 aliphatic carbocycles. The van der Waals surface area contributed by atoms with Crippen LogP contribution in [0.25, 0.3) is 17.1 Å². The normalized spacial score (nSPS) is 10.8. The number of nitrogens with one attached hydrogen (secondary N) is 1. The van der Waals surface area contributed by atoms with Gasteiger partial charge in [0.25, 0.3) is 5.91 Å². The molecule has 9 heteroatoms. The Bertz CT molecular complexity index is 1470. The summed E-state index contributed by atoms with van der Waals surface area (Å²) in [6, 6.07) is 22.1. The molecule has 5 aromatic rings. The Hall–Kier alpha value is -4.79. The van der Waals surface area contributed by atoms with E-state index in [-0.39, 0.29) is 5.91 Å². The molecule has 0 aliphatic heterocycles. The van der Waals surface area contributed by atoms with E-state index < -0.39 is 0 Å². The minimum absolute atomic E-state index is 0.248. The fourth-order valence-corrected chi connectivity index (χ4v) is 3.58. The molecule has 0 bridgehead atoms. The minimum atomic E-state index is -0.248. The van der Waals surface area contributed by atoms with Gasteiger partial charge in [-0.2, -0.15) is 5.10 Å². The topological polar surface area (TPSA) is 99.8 Å². The van der Waals surface area contributed by atoms with E-state index in [1.165, 1.54) is 0 Å². The van der Waals surface area contributed by atoms with Crippen LogP contribution in [-0.4, -0.2) is 35.4 Å². The predicted molar refractivity (Wildman–Crippen MR) is 132 cm³/mol. The van der Waals surface area contributed by atoms with Crippen LogP contribution < -0.4 is 10.1 Å². The number of anilines is 1. The fraction of sp³-hybridized carbons (Fsp3) is 0.115. The third-order valence-corrected chi connectivity index (χ3v) is 5.64. The minimum Gasteiger partial charge on any atom is -0.438 e. The molecular weight excluding hydrogens is 442 g/mol. The number of imidazole rings is 1. The number of aromatic nitrogens is 6. The highest BCUT2D eigenvalue weighted by Crippen LogP contribution is 2.23. The van der Waals surface area contributed by atoms with Gasteiger partial charge in [-0.15, -0.1) is 10.2 Å². The summed E-state index contributed by atoms with van der Waals surface area (Å²) in [6.45, 7) is 3.92. The molecule has 0 saturated carbocycles. The lowest BCUT2D eigenvalue weighted by molar-refractivity contribution is 0.101. The number of ether oxygens (including phenoxy) is 1. The molecule has 2 aromatic carbocycles. The molecule has 174 valence electrons. The third kappa shape index (κ3) is 4.65. The standard InChI is InChI=1S/C26H23N7O2/c1-17-18(2)33(16-27-17)24-13-14-25(30-29-24)35-21-11-9-20(10-12-21)28-26(34)23-15-22(31-32(23)3)19-7-5-4-6-8-19/h4-16H,1-3H3,(H,28,34). The molecular formula is C26H23N7O2. The number of carbonyl (C=O) groups is 1. The first-order valence-electron chi connectivity index (χ1n) is 11.0. The number of amides is 1. The largest absolute Gasteiger partial charge is 0.438 e. The van der Waals surface area contributed by atoms with Crippen LogP contribution in [0.5, 0.6) is 11.6 Å². The fourth-order valence-electron chi connectivity index (χ4n) is 3.58. The average molecular weight is 466 g/mol. The van der Waals surface area contributed by atoms with E-state index in [1.54, 1.807) is 54.5 Å². The van der Waals surface area contributed by atoms with Crippen LogP contribution in [0.1, 0.15) is 21.9 Å². The molecule has 0 aliphatic rings. The molecule has 3 heterocycles. The number of benzene rings is 2. The molecule has 0 unspecified atom stereocenters. The van der Waals surface area contributed by atoms with Crippen LogP contribution in [0, 0.1) is 13.8 Å². The van der Waals surface area contributed by atoms with Gasteiger partial charge in [-0.1, -0.05) is 30.3 Å². The van der Waals surface area contributed by atoms with E-state index >= 15 is 0 Å². The molecule has 1 amide bonds. The van der Waals surface area contributed by atoms with Crippen LogP contribution in [-0.2, 0) is 7.05 Å². The van der Waals surface area contributed by atoms with Gasteiger partial charge in [-0.05, 0) is 50.2 Å². The summed E-state index contributed by atoms with van der Waals surface area (Å²) in [7, 11) is 1.75. The van der Waals surface area contributed by atoms with Crippen molar-refractivity contribution in [1.29, 1.82) is 0 Å². The molecule has 0 atom stereocenters. The molecule has 5 rings (SSSR count). The zero-order valence-electron chi connectivity index (χ0n) is 19.5. The zero-order chi connectivity index (χ0) is 24.4. The molecule has 0 saturated heterocycles. The van der Waals surface area contributed by atoms with Crippen LogP contribution in [0.2, 0.25) is 0 Å². The monoisotopic (exact) mass is 465 g/mol. The predicted octanol–water partition coefficient (Wildman–Crippen LogP) is 4.72. The number of hydrogen-bond donors (Lipinski definition) is 1. The second-order valence-electron chi connectivity index (χ2n) is 8.00. The average Bonchev–Trinajstić information content (AvgIpc) is 3.43. The lowest BCUT2D eigenvalue weighted by Gasteiger charge is -2.08. The molecule has 0 radical (unpaired) electrons. The van der Waals surface area contributed by atoms with Gasteiger partial charge >= 0.3 is 0 Å². The number of carbonyl (C=O) groups excluding carboxylic acids is 1. The van der Waals surface area contributed by atoms with Gasteiger partial charge < -0.3 is 10.1 Å². The SMILES string of the molecule is Cc1ncn(-c2ccc(Oc3ccc(NC(=O)c4cc(-c5ccccc5)nn4C)cc3)nn2)c1C. The summed E-state index contributed by atoms with van der Waals surface area (Å²) in [6.07, 6.45) is 1.72. The first-order valence-corrected chi connectivity index (χ1v) is 11.0. The van der Waals surface area contributed by atoms with Crippen molar-refractivity contribution >= 4 is 11.6 Å². The lowest BCUT2D eigenvalue weighted by atomic mass is 10.1. The van der Waals surface area contributed by atoms with E-state index in [1.807, 2.05) is 54.8 Å². The summed E-state index contributed by atoms with van der Waals surface area (Å²) in [5.74, 6) is 1.36. The van der Waals surface area contributed by atoms with E-state index in [9.17, 15) is 4.79 Å². The summed E-state index contributed by atoms with van der Waals surface area (Å²) in [5.41, 5.74) is 4.75. The van der Waals surface area contributed by atoms with Crippen molar-refractivity contribution in [2.75, 3.05) is 5.32 Å². The van der Waals surface area contributed by atoms with Gasteiger partial charge in [0.15, 0.2) is 5.82 Å². The Kier molecular flexibility index (Phi) is 5.80. The Morgan fingerprint density at radius 3 is 2.37 bits per heavy atom. The number of rotatable bonds is 6. The van der Waals surface area contributed by atoms with Crippen molar-refractivity contribution in [2.45, 2.75) is 13.8 Å². The van der Waals surface area contributed by atoms with Crippen LogP contribution in [0.15, 0.2) is 79.1 Å². The van der Waals surface area contributed by atoms with Gasteiger partial charge in [0.1, 0.15) is 17.8 Å². The Morgan fingerprint density at radius 2 is 1.71 bits per heavy atom. The third-order valence-electron chi connectivity index (χ3n) is 5.64. The summed E-state index contributed by atoms with van der Waals surface area (Å²) in [5, 5.41) is 15.7. The van der Waals surface area contributed by atoms with Gasteiger partial charge in [0.05, 0.1) is 11.4 Å². The van der Waals surface area contributed by atoms with E-state index in [0.717, 1.165) is 22.6 Å². The molecule has 1 N–H and O–H groups in total. The highest BCUT2D eigenvalue weighted by Gasteiger charge is 2.15. The maximum absolute atomic E-state index is 12.8. The highest BCUT2D eigenvalue weighted by atomic mass is 16.5.